The summed E-state index contributed by atoms with van der Waals surface area (Å²) in [5.41, 5.74) is 4.77. The lowest BCUT2D eigenvalue weighted by molar-refractivity contribution is -0.134. The Morgan fingerprint density at radius 1 is 1.04 bits per heavy atom. The standard InChI is InChI=1S/C23H25N3O/c27-22-23(12-17-6-1-2-7-18(17)13-25-22)10-5-11-26(16-23)15-19-14-24-21-9-4-3-8-20(19)21/h1-4,6-9,14,24H,5,10-13,15-16H2,(H,25,27). The summed E-state index contributed by atoms with van der Waals surface area (Å²) in [6, 6.07) is 16.9. The highest BCUT2D eigenvalue weighted by Gasteiger charge is 2.43. The van der Waals surface area contributed by atoms with Crippen LogP contribution < -0.4 is 5.32 Å². The molecule has 3 heterocycles. The number of hydrogen-bond donors (Lipinski definition) is 2. The van der Waals surface area contributed by atoms with Crippen LogP contribution in [0.25, 0.3) is 10.9 Å². The van der Waals surface area contributed by atoms with Crippen LogP contribution in [0.4, 0.5) is 0 Å². The van der Waals surface area contributed by atoms with Crippen molar-refractivity contribution in [3.63, 3.8) is 0 Å². The normalized spacial score (nSPS) is 23.2. The van der Waals surface area contributed by atoms with E-state index in [4.69, 9.17) is 0 Å². The zero-order valence-corrected chi connectivity index (χ0v) is 15.5. The molecule has 4 nitrogen and oxygen atoms in total. The van der Waals surface area contributed by atoms with Gasteiger partial charge in [-0.25, -0.2) is 0 Å². The third kappa shape index (κ3) is 2.94. The van der Waals surface area contributed by atoms with E-state index in [9.17, 15) is 4.79 Å². The number of hydrogen-bond acceptors (Lipinski definition) is 2. The minimum absolute atomic E-state index is 0.224. The lowest BCUT2D eigenvalue weighted by Gasteiger charge is -2.41. The second-order valence-corrected chi connectivity index (χ2v) is 8.08. The van der Waals surface area contributed by atoms with Crippen LogP contribution in [0.5, 0.6) is 0 Å². The second kappa shape index (κ2) is 6.54. The number of piperidine rings is 1. The van der Waals surface area contributed by atoms with Crippen LogP contribution in [-0.4, -0.2) is 28.9 Å². The van der Waals surface area contributed by atoms with Crippen molar-refractivity contribution in [2.45, 2.75) is 32.4 Å². The van der Waals surface area contributed by atoms with Gasteiger partial charge in [0.2, 0.25) is 5.91 Å². The smallest absolute Gasteiger partial charge is 0.228 e. The number of nitrogens with one attached hydrogen (secondary N) is 2. The van der Waals surface area contributed by atoms with Crippen molar-refractivity contribution >= 4 is 16.8 Å². The van der Waals surface area contributed by atoms with Crippen molar-refractivity contribution in [3.8, 4) is 0 Å². The first-order valence-corrected chi connectivity index (χ1v) is 9.86. The largest absolute Gasteiger partial charge is 0.361 e. The summed E-state index contributed by atoms with van der Waals surface area (Å²) in [5, 5.41) is 4.48. The van der Waals surface area contributed by atoms with Crippen LogP contribution in [0.3, 0.4) is 0 Å². The Kier molecular flexibility index (Phi) is 4.01. The number of para-hydroxylation sites is 1. The molecule has 1 aromatic heterocycles. The average molecular weight is 359 g/mol. The minimum Gasteiger partial charge on any atom is -0.361 e. The number of carbonyl (C=O) groups excluding carboxylic acids is 1. The molecule has 5 rings (SSSR count). The zero-order chi connectivity index (χ0) is 18.3. The molecule has 0 bridgehead atoms. The maximum atomic E-state index is 13.1. The highest BCUT2D eigenvalue weighted by molar-refractivity contribution is 5.84. The SMILES string of the molecule is O=C1NCc2ccccc2CC12CCCN(Cc1c[nH]c3ccccc13)C2. The first-order chi connectivity index (χ1) is 13.2. The van der Waals surface area contributed by atoms with Crippen LogP contribution in [0.15, 0.2) is 54.7 Å². The fourth-order valence-electron chi connectivity index (χ4n) is 4.91. The van der Waals surface area contributed by atoms with Crippen LogP contribution in [-0.2, 0) is 24.3 Å². The van der Waals surface area contributed by atoms with Gasteiger partial charge in [-0.05, 0) is 48.6 Å². The van der Waals surface area contributed by atoms with Crippen molar-refractivity contribution < 1.29 is 4.79 Å². The molecule has 1 amide bonds. The van der Waals surface area contributed by atoms with Crippen LogP contribution in [0, 0.1) is 5.41 Å². The van der Waals surface area contributed by atoms with Crippen molar-refractivity contribution in [2.75, 3.05) is 13.1 Å². The number of carbonyl (C=O) groups is 1. The van der Waals surface area contributed by atoms with E-state index in [0.29, 0.717) is 6.54 Å². The first-order valence-electron chi connectivity index (χ1n) is 9.86. The number of rotatable bonds is 2. The summed E-state index contributed by atoms with van der Waals surface area (Å²) in [4.78, 5) is 18.9. The summed E-state index contributed by atoms with van der Waals surface area (Å²) >= 11 is 0. The van der Waals surface area contributed by atoms with E-state index in [-0.39, 0.29) is 11.3 Å². The number of amides is 1. The molecule has 2 aliphatic heterocycles. The van der Waals surface area contributed by atoms with Gasteiger partial charge in [-0.2, -0.15) is 0 Å². The number of likely N-dealkylation sites (tertiary alicyclic amines) is 1. The van der Waals surface area contributed by atoms with Gasteiger partial charge < -0.3 is 10.3 Å². The van der Waals surface area contributed by atoms with E-state index in [0.717, 1.165) is 38.9 Å². The highest BCUT2D eigenvalue weighted by Crippen LogP contribution is 2.37. The van der Waals surface area contributed by atoms with Gasteiger partial charge in [0.05, 0.1) is 5.41 Å². The Balaban J connectivity index is 1.42. The Morgan fingerprint density at radius 3 is 2.78 bits per heavy atom. The Morgan fingerprint density at radius 2 is 1.85 bits per heavy atom. The molecule has 1 atom stereocenters. The molecule has 2 N–H and O–H groups in total. The van der Waals surface area contributed by atoms with Gasteiger partial charge in [-0.15, -0.1) is 0 Å². The third-order valence-corrected chi connectivity index (χ3v) is 6.29. The van der Waals surface area contributed by atoms with E-state index in [1.165, 1.54) is 27.6 Å². The molecule has 2 aliphatic rings. The van der Waals surface area contributed by atoms with Gasteiger partial charge in [0.15, 0.2) is 0 Å². The number of benzene rings is 2. The monoisotopic (exact) mass is 359 g/mol. The number of fused-ring (bicyclic) bond motifs is 2. The molecule has 3 aromatic rings. The maximum absolute atomic E-state index is 13.1. The number of nitrogens with zero attached hydrogens (tertiary/aromatic N) is 1. The fraction of sp³-hybridized carbons (Fsp3) is 0.348. The number of H-pyrrole nitrogens is 1. The molecule has 1 saturated heterocycles. The molecule has 4 heteroatoms. The van der Waals surface area contributed by atoms with Crippen molar-refractivity contribution in [3.05, 3.63) is 71.4 Å². The molecule has 0 saturated carbocycles. The molecular formula is C23H25N3O. The van der Waals surface area contributed by atoms with Crippen molar-refractivity contribution in [2.24, 2.45) is 5.41 Å². The molecule has 138 valence electrons. The summed E-state index contributed by atoms with van der Waals surface area (Å²) in [6.07, 6.45) is 5.00. The van der Waals surface area contributed by atoms with Crippen molar-refractivity contribution in [1.82, 2.24) is 15.2 Å². The first kappa shape index (κ1) is 16.6. The Labute approximate surface area is 159 Å². The van der Waals surface area contributed by atoms with Gasteiger partial charge >= 0.3 is 0 Å². The molecule has 1 unspecified atom stereocenters. The van der Waals surface area contributed by atoms with Crippen LogP contribution >= 0.6 is 0 Å². The molecule has 1 spiro atoms. The predicted octanol–water partition coefficient (Wildman–Crippen LogP) is 3.62. The van der Waals surface area contributed by atoms with Gasteiger partial charge in [0.1, 0.15) is 0 Å². The van der Waals surface area contributed by atoms with E-state index in [1.807, 2.05) is 0 Å². The van der Waals surface area contributed by atoms with E-state index in [2.05, 4.69) is 69.9 Å². The van der Waals surface area contributed by atoms with Crippen LogP contribution in [0.1, 0.15) is 29.5 Å². The predicted molar refractivity (Wildman–Crippen MR) is 107 cm³/mol. The van der Waals surface area contributed by atoms with Gasteiger partial charge in [0, 0.05) is 36.7 Å². The molecule has 0 radical (unpaired) electrons. The Hall–Kier alpha value is -2.59. The molecule has 27 heavy (non-hydrogen) atoms. The van der Waals surface area contributed by atoms with Crippen LogP contribution in [0.2, 0.25) is 0 Å². The fourth-order valence-corrected chi connectivity index (χ4v) is 4.91. The number of aromatic nitrogens is 1. The quantitative estimate of drug-likeness (QED) is 0.734. The number of aromatic amines is 1. The summed E-state index contributed by atoms with van der Waals surface area (Å²) in [6.45, 7) is 3.42. The highest BCUT2D eigenvalue weighted by atomic mass is 16.2. The summed E-state index contributed by atoms with van der Waals surface area (Å²) in [5.74, 6) is 0.224. The molecule has 1 fully saturated rings. The molecule has 0 aliphatic carbocycles. The molecular weight excluding hydrogens is 334 g/mol. The molecule has 2 aromatic carbocycles. The topological polar surface area (TPSA) is 48.1 Å². The van der Waals surface area contributed by atoms with E-state index >= 15 is 0 Å². The van der Waals surface area contributed by atoms with E-state index < -0.39 is 0 Å². The lowest BCUT2D eigenvalue weighted by Crippen LogP contribution is -2.51. The minimum atomic E-state index is -0.309. The summed E-state index contributed by atoms with van der Waals surface area (Å²) < 4.78 is 0. The maximum Gasteiger partial charge on any atom is 0.228 e. The van der Waals surface area contributed by atoms with Gasteiger partial charge in [-0.3, -0.25) is 9.69 Å². The van der Waals surface area contributed by atoms with Gasteiger partial charge in [0.25, 0.3) is 0 Å². The Bertz CT molecular complexity index is 992. The zero-order valence-electron chi connectivity index (χ0n) is 15.5. The van der Waals surface area contributed by atoms with Crippen molar-refractivity contribution in [1.29, 1.82) is 0 Å². The van der Waals surface area contributed by atoms with Gasteiger partial charge in [-0.1, -0.05) is 42.5 Å². The second-order valence-electron chi connectivity index (χ2n) is 8.08. The van der Waals surface area contributed by atoms with E-state index in [1.54, 1.807) is 0 Å². The lowest BCUT2D eigenvalue weighted by atomic mass is 9.74. The summed E-state index contributed by atoms with van der Waals surface area (Å²) in [7, 11) is 0. The average Bonchev–Trinajstić information content (AvgIpc) is 3.04. The third-order valence-electron chi connectivity index (χ3n) is 6.29.